The van der Waals surface area contributed by atoms with Gasteiger partial charge in [-0.05, 0) is 50.3 Å². The van der Waals surface area contributed by atoms with Crippen LogP contribution in [0.4, 0.5) is 0 Å². The third-order valence-electron chi connectivity index (χ3n) is 2.98. The van der Waals surface area contributed by atoms with Crippen LogP contribution in [0.25, 0.3) is 0 Å². The monoisotopic (exact) mass is 239 g/mol. The van der Waals surface area contributed by atoms with Gasteiger partial charge >= 0.3 is 0 Å². The number of hydrogen-bond acceptors (Lipinski definition) is 2. The fourth-order valence-electron chi connectivity index (χ4n) is 2.14. The molecular formula is C14H25NS. The lowest BCUT2D eigenvalue weighted by molar-refractivity contribution is 0.557. The van der Waals surface area contributed by atoms with Crippen LogP contribution in [0, 0.1) is 0 Å². The molecule has 1 unspecified atom stereocenters. The van der Waals surface area contributed by atoms with Crippen molar-refractivity contribution in [3.8, 4) is 0 Å². The summed E-state index contributed by atoms with van der Waals surface area (Å²) in [5, 5.41) is 0. The smallest absolute Gasteiger partial charge is 0.00791 e. The molecule has 2 N–H and O–H groups in total. The maximum absolute atomic E-state index is 5.61. The molecule has 16 heavy (non-hydrogen) atoms. The van der Waals surface area contributed by atoms with Crippen molar-refractivity contribution in [2.45, 2.75) is 58.3 Å². The normalized spacial score (nSPS) is 12.9. The van der Waals surface area contributed by atoms with Crippen LogP contribution >= 0.6 is 11.3 Å². The molecule has 1 rings (SSSR count). The fraction of sp³-hybridized carbons (Fsp3) is 0.714. The van der Waals surface area contributed by atoms with E-state index in [1.54, 1.807) is 9.75 Å². The van der Waals surface area contributed by atoms with Crippen molar-refractivity contribution in [3.63, 3.8) is 0 Å². The molecule has 0 aliphatic rings. The number of thiophene rings is 1. The average molecular weight is 239 g/mol. The first-order chi connectivity index (χ1) is 7.81. The Morgan fingerprint density at radius 1 is 1.19 bits per heavy atom. The van der Waals surface area contributed by atoms with Crippen LogP contribution in [0.15, 0.2) is 12.1 Å². The second kappa shape index (κ2) is 7.86. The number of rotatable bonds is 8. The van der Waals surface area contributed by atoms with Crippen molar-refractivity contribution in [3.05, 3.63) is 21.9 Å². The van der Waals surface area contributed by atoms with Crippen LogP contribution in [0.1, 0.15) is 61.6 Å². The number of nitrogens with two attached hydrogens (primary N) is 1. The Kier molecular flexibility index (Phi) is 6.74. The van der Waals surface area contributed by atoms with E-state index in [0.717, 1.165) is 18.9 Å². The third-order valence-corrected chi connectivity index (χ3v) is 4.28. The second-order valence-electron chi connectivity index (χ2n) is 4.47. The van der Waals surface area contributed by atoms with Gasteiger partial charge in [-0.3, -0.25) is 0 Å². The van der Waals surface area contributed by atoms with E-state index in [1.165, 1.54) is 32.1 Å². The molecule has 1 aromatic rings. The molecule has 0 fully saturated rings. The van der Waals surface area contributed by atoms with Crippen LogP contribution in [0.2, 0.25) is 0 Å². The van der Waals surface area contributed by atoms with E-state index in [2.05, 4.69) is 26.0 Å². The molecule has 0 bridgehead atoms. The summed E-state index contributed by atoms with van der Waals surface area (Å²) in [4.78, 5) is 3.13. The van der Waals surface area contributed by atoms with E-state index >= 15 is 0 Å². The summed E-state index contributed by atoms with van der Waals surface area (Å²) < 4.78 is 0. The molecule has 0 saturated heterocycles. The van der Waals surface area contributed by atoms with E-state index in [4.69, 9.17) is 5.73 Å². The molecule has 0 radical (unpaired) electrons. The highest BCUT2D eigenvalue weighted by Gasteiger charge is 2.12. The predicted octanol–water partition coefficient (Wildman–Crippen LogP) is 4.32. The highest BCUT2D eigenvalue weighted by atomic mass is 32.1. The lowest BCUT2D eigenvalue weighted by Gasteiger charge is -2.13. The van der Waals surface area contributed by atoms with E-state index in [0.29, 0.717) is 0 Å². The van der Waals surface area contributed by atoms with E-state index in [1.807, 2.05) is 11.3 Å². The maximum Gasteiger partial charge on any atom is 0.00791 e. The topological polar surface area (TPSA) is 26.0 Å². The third kappa shape index (κ3) is 4.26. The average Bonchev–Trinajstić information content (AvgIpc) is 2.73. The number of hydrogen-bond donors (Lipinski definition) is 1. The van der Waals surface area contributed by atoms with Gasteiger partial charge in [0.05, 0.1) is 0 Å². The zero-order valence-electron chi connectivity index (χ0n) is 10.7. The van der Waals surface area contributed by atoms with Gasteiger partial charge in [0.15, 0.2) is 0 Å². The minimum absolute atomic E-state index is 0.754. The van der Waals surface area contributed by atoms with Gasteiger partial charge in [0.25, 0.3) is 0 Å². The summed E-state index contributed by atoms with van der Waals surface area (Å²) in [5.74, 6) is 0.754. The van der Waals surface area contributed by atoms with E-state index in [9.17, 15) is 0 Å². The van der Waals surface area contributed by atoms with Gasteiger partial charge in [0.1, 0.15) is 0 Å². The molecule has 0 saturated carbocycles. The van der Waals surface area contributed by atoms with Gasteiger partial charge in [0.2, 0.25) is 0 Å². The lowest BCUT2D eigenvalue weighted by Crippen LogP contribution is -2.03. The fourth-order valence-corrected chi connectivity index (χ4v) is 3.42. The van der Waals surface area contributed by atoms with Gasteiger partial charge in [-0.15, -0.1) is 11.3 Å². The van der Waals surface area contributed by atoms with Crippen LogP contribution in [-0.2, 0) is 6.42 Å². The summed E-state index contributed by atoms with van der Waals surface area (Å²) in [5.41, 5.74) is 5.61. The lowest BCUT2D eigenvalue weighted by atomic mass is 9.96. The molecule has 1 nitrogen and oxygen atoms in total. The molecule has 2 heteroatoms. The zero-order chi connectivity index (χ0) is 11.8. The highest BCUT2D eigenvalue weighted by molar-refractivity contribution is 7.12. The van der Waals surface area contributed by atoms with Crippen LogP contribution in [-0.4, -0.2) is 6.54 Å². The minimum atomic E-state index is 0.754. The predicted molar refractivity (Wildman–Crippen MR) is 74.3 cm³/mol. The van der Waals surface area contributed by atoms with Gasteiger partial charge in [-0.1, -0.05) is 26.7 Å². The van der Waals surface area contributed by atoms with Crippen molar-refractivity contribution in [1.29, 1.82) is 0 Å². The van der Waals surface area contributed by atoms with Gasteiger partial charge in [0, 0.05) is 9.75 Å². The summed E-state index contributed by atoms with van der Waals surface area (Å²) >= 11 is 2.02. The van der Waals surface area contributed by atoms with E-state index in [-0.39, 0.29) is 0 Å². The van der Waals surface area contributed by atoms with Crippen LogP contribution in [0.3, 0.4) is 0 Å². The molecule has 1 atom stereocenters. The van der Waals surface area contributed by atoms with Gasteiger partial charge < -0.3 is 5.73 Å². The SMILES string of the molecule is CCCc1ccc(C(CCC)CCCN)s1. The van der Waals surface area contributed by atoms with Crippen molar-refractivity contribution < 1.29 is 0 Å². The molecular weight excluding hydrogens is 214 g/mol. The van der Waals surface area contributed by atoms with Crippen molar-refractivity contribution in [2.24, 2.45) is 5.73 Å². The minimum Gasteiger partial charge on any atom is -0.330 e. The molecule has 0 amide bonds. The maximum atomic E-state index is 5.61. The Labute approximate surface area is 104 Å². The van der Waals surface area contributed by atoms with Crippen molar-refractivity contribution in [1.82, 2.24) is 0 Å². The summed E-state index contributed by atoms with van der Waals surface area (Å²) in [6, 6.07) is 4.65. The zero-order valence-corrected chi connectivity index (χ0v) is 11.5. The second-order valence-corrected chi connectivity index (χ2v) is 5.67. The molecule has 1 heterocycles. The molecule has 92 valence electrons. The van der Waals surface area contributed by atoms with Gasteiger partial charge in [-0.2, -0.15) is 0 Å². The summed E-state index contributed by atoms with van der Waals surface area (Å²) in [6.07, 6.45) is 7.49. The van der Waals surface area contributed by atoms with E-state index < -0.39 is 0 Å². The van der Waals surface area contributed by atoms with Crippen molar-refractivity contribution >= 4 is 11.3 Å². The first kappa shape index (κ1) is 13.7. The molecule has 1 aromatic heterocycles. The Bertz CT molecular complexity index is 280. The Morgan fingerprint density at radius 3 is 2.62 bits per heavy atom. The first-order valence-corrected chi connectivity index (χ1v) is 7.42. The molecule has 0 aromatic carbocycles. The Hall–Kier alpha value is -0.340. The Balaban J connectivity index is 2.59. The quantitative estimate of drug-likeness (QED) is 0.718. The summed E-state index contributed by atoms with van der Waals surface area (Å²) in [7, 11) is 0. The summed E-state index contributed by atoms with van der Waals surface area (Å²) in [6.45, 7) is 5.35. The van der Waals surface area contributed by atoms with Crippen LogP contribution in [0.5, 0.6) is 0 Å². The molecule has 0 aliphatic heterocycles. The van der Waals surface area contributed by atoms with Gasteiger partial charge in [-0.25, -0.2) is 0 Å². The first-order valence-electron chi connectivity index (χ1n) is 6.60. The molecule has 0 aliphatic carbocycles. The Morgan fingerprint density at radius 2 is 2.00 bits per heavy atom. The molecule has 0 spiro atoms. The van der Waals surface area contributed by atoms with Crippen LogP contribution < -0.4 is 5.73 Å². The highest BCUT2D eigenvalue weighted by Crippen LogP contribution is 2.32. The van der Waals surface area contributed by atoms with Crippen molar-refractivity contribution in [2.75, 3.05) is 6.54 Å². The standard InChI is InChI=1S/C14H25NS/c1-3-6-12(8-5-11-15)14-10-9-13(16-14)7-4-2/h9-10,12H,3-8,11,15H2,1-2H3. The number of aryl methyl sites for hydroxylation is 1. The largest absolute Gasteiger partial charge is 0.330 e.